The van der Waals surface area contributed by atoms with Crippen molar-refractivity contribution in [2.24, 2.45) is 0 Å². The number of pyridine rings is 1. The molecule has 0 saturated carbocycles. The highest BCUT2D eigenvalue weighted by Gasteiger charge is 2.25. The molecule has 1 atom stereocenters. The van der Waals surface area contributed by atoms with E-state index < -0.39 is 6.04 Å². The zero-order chi connectivity index (χ0) is 22.5. The van der Waals surface area contributed by atoms with Crippen molar-refractivity contribution in [1.82, 2.24) is 14.5 Å². The number of anilines is 1. The molecule has 0 radical (unpaired) electrons. The number of nitrogens with zero attached hydrogens (tertiary/aromatic N) is 3. The summed E-state index contributed by atoms with van der Waals surface area (Å²) in [5.41, 5.74) is 3.01. The second kappa shape index (κ2) is 9.82. The molecule has 2 heterocycles. The van der Waals surface area contributed by atoms with Gasteiger partial charge in [-0.05, 0) is 48.4 Å². The van der Waals surface area contributed by atoms with Crippen LogP contribution in [-0.4, -0.2) is 27.6 Å². The summed E-state index contributed by atoms with van der Waals surface area (Å²) in [6.07, 6.45) is 2.25. The molecule has 2 aromatic carbocycles. The molecule has 0 unspecified atom stereocenters. The van der Waals surface area contributed by atoms with Gasteiger partial charge in [0.1, 0.15) is 23.1 Å². The first-order valence-electron chi connectivity index (χ1n) is 10.2. The molecule has 4 rings (SSSR count). The molecule has 32 heavy (non-hydrogen) atoms. The SMILES string of the molecule is CC[C@@H](C(=O)Nc1cccc(OC)c1)n1c(SCc2ccc(F)cc2)nc2cccnc21. The van der Waals surface area contributed by atoms with E-state index in [1.165, 1.54) is 23.9 Å². The highest BCUT2D eigenvalue weighted by Crippen LogP contribution is 2.31. The molecule has 1 N–H and O–H groups in total. The lowest BCUT2D eigenvalue weighted by Gasteiger charge is -2.19. The predicted octanol–water partition coefficient (Wildman–Crippen LogP) is 5.46. The third kappa shape index (κ3) is 4.75. The van der Waals surface area contributed by atoms with E-state index in [0.29, 0.717) is 34.4 Å². The topological polar surface area (TPSA) is 69.0 Å². The van der Waals surface area contributed by atoms with Crippen LogP contribution >= 0.6 is 11.8 Å². The molecule has 6 nitrogen and oxygen atoms in total. The van der Waals surface area contributed by atoms with Crippen LogP contribution < -0.4 is 10.1 Å². The number of carbonyl (C=O) groups excluding carboxylic acids is 1. The third-order valence-electron chi connectivity index (χ3n) is 5.04. The number of fused-ring (bicyclic) bond motifs is 1. The minimum Gasteiger partial charge on any atom is -0.497 e. The van der Waals surface area contributed by atoms with Crippen LogP contribution in [0.25, 0.3) is 11.2 Å². The van der Waals surface area contributed by atoms with Gasteiger partial charge in [-0.2, -0.15) is 0 Å². The summed E-state index contributed by atoms with van der Waals surface area (Å²) >= 11 is 1.49. The van der Waals surface area contributed by atoms with Crippen molar-refractivity contribution in [2.75, 3.05) is 12.4 Å². The first-order valence-corrected chi connectivity index (χ1v) is 11.2. The second-order valence-corrected chi connectivity index (χ2v) is 8.11. The molecule has 0 saturated heterocycles. The Balaban J connectivity index is 1.64. The van der Waals surface area contributed by atoms with E-state index >= 15 is 0 Å². The number of rotatable bonds is 8. The standard InChI is InChI=1S/C24H23FN4O2S/c1-3-21(23(30)27-18-6-4-7-19(14-18)31-2)29-22-20(8-5-13-26-22)28-24(29)32-15-16-9-11-17(25)12-10-16/h4-14,21H,3,15H2,1-2H3,(H,27,30)/t21-/m0/s1. The van der Waals surface area contributed by atoms with Crippen molar-refractivity contribution in [3.8, 4) is 5.75 Å². The maximum absolute atomic E-state index is 13.3. The van der Waals surface area contributed by atoms with E-state index in [-0.39, 0.29) is 11.7 Å². The van der Waals surface area contributed by atoms with Crippen molar-refractivity contribution < 1.29 is 13.9 Å². The molecule has 0 aliphatic heterocycles. The van der Waals surface area contributed by atoms with E-state index in [9.17, 15) is 9.18 Å². The summed E-state index contributed by atoms with van der Waals surface area (Å²) in [6.45, 7) is 1.96. The molecule has 0 aliphatic rings. The molecule has 0 aliphatic carbocycles. The fraction of sp³-hybridized carbons (Fsp3) is 0.208. The number of aromatic nitrogens is 3. The lowest BCUT2D eigenvalue weighted by molar-refractivity contribution is -0.119. The Labute approximate surface area is 189 Å². The molecular weight excluding hydrogens is 427 g/mol. The molecule has 164 valence electrons. The highest BCUT2D eigenvalue weighted by molar-refractivity contribution is 7.98. The van der Waals surface area contributed by atoms with Crippen molar-refractivity contribution >= 4 is 34.5 Å². The average molecular weight is 451 g/mol. The van der Waals surface area contributed by atoms with Gasteiger partial charge < -0.3 is 10.1 Å². The number of hydrogen-bond donors (Lipinski definition) is 1. The number of ether oxygens (including phenoxy) is 1. The fourth-order valence-electron chi connectivity index (χ4n) is 3.43. The Bertz CT molecular complexity index is 1230. The van der Waals surface area contributed by atoms with Crippen LogP contribution in [0.15, 0.2) is 72.0 Å². The Kier molecular flexibility index (Phi) is 6.70. The lowest BCUT2D eigenvalue weighted by Crippen LogP contribution is -2.26. The van der Waals surface area contributed by atoms with Gasteiger partial charge in [0.2, 0.25) is 5.91 Å². The Morgan fingerprint density at radius 2 is 2.00 bits per heavy atom. The number of nitrogens with one attached hydrogen (secondary N) is 1. The zero-order valence-corrected chi connectivity index (χ0v) is 18.6. The first-order chi connectivity index (χ1) is 15.6. The summed E-state index contributed by atoms with van der Waals surface area (Å²) < 4.78 is 20.4. The van der Waals surface area contributed by atoms with Crippen molar-refractivity contribution in [3.05, 3.63) is 78.2 Å². The molecule has 0 spiro atoms. The second-order valence-electron chi connectivity index (χ2n) is 7.17. The summed E-state index contributed by atoms with van der Waals surface area (Å²) in [6, 6.07) is 16.8. The summed E-state index contributed by atoms with van der Waals surface area (Å²) in [7, 11) is 1.59. The van der Waals surface area contributed by atoms with Gasteiger partial charge in [-0.15, -0.1) is 0 Å². The first kappa shape index (κ1) is 21.8. The largest absolute Gasteiger partial charge is 0.497 e. The summed E-state index contributed by atoms with van der Waals surface area (Å²) in [4.78, 5) is 22.5. The predicted molar refractivity (Wildman–Crippen MR) is 124 cm³/mol. The number of methoxy groups -OCH3 is 1. The third-order valence-corrected chi connectivity index (χ3v) is 6.06. The van der Waals surface area contributed by atoms with Gasteiger partial charge in [0.25, 0.3) is 0 Å². The number of imidazole rings is 1. The van der Waals surface area contributed by atoms with Gasteiger partial charge >= 0.3 is 0 Å². The van der Waals surface area contributed by atoms with Crippen molar-refractivity contribution in [1.29, 1.82) is 0 Å². The Hall–Kier alpha value is -3.39. The van der Waals surface area contributed by atoms with Gasteiger partial charge in [0.15, 0.2) is 10.8 Å². The minimum atomic E-state index is -0.503. The minimum absolute atomic E-state index is 0.158. The molecule has 0 fully saturated rings. The van der Waals surface area contributed by atoms with Crippen LogP contribution in [-0.2, 0) is 10.5 Å². The molecule has 1 amide bonds. The highest BCUT2D eigenvalue weighted by atomic mass is 32.2. The quantitative estimate of drug-likeness (QED) is 0.361. The van der Waals surface area contributed by atoms with Gasteiger partial charge in [-0.1, -0.05) is 36.9 Å². The molecule has 8 heteroatoms. The Morgan fingerprint density at radius 3 is 2.75 bits per heavy atom. The molecule has 4 aromatic rings. The van der Waals surface area contributed by atoms with Crippen LogP contribution in [0.2, 0.25) is 0 Å². The van der Waals surface area contributed by atoms with Crippen molar-refractivity contribution in [3.63, 3.8) is 0 Å². The number of halogens is 1. The zero-order valence-electron chi connectivity index (χ0n) is 17.8. The normalized spacial score (nSPS) is 12.0. The number of amides is 1. The van der Waals surface area contributed by atoms with Crippen LogP contribution in [0, 0.1) is 5.82 Å². The molecule has 0 bridgehead atoms. The maximum Gasteiger partial charge on any atom is 0.247 e. The van der Waals surface area contributed by atoms with Gasteiger partial charge in [0.05, 0.1) is 7.11 Å². The summed E-state index contributed by atoms with van der Waals surface area (Å²) in [5, 5.41) is 3.67. The van der Waals surface area contributed by atoms with Crippen LogP contribution in [0.1, 0.15) is 24.9 Å². The van der Waals surface area contributed by atoms with Gasteiger partial charge in [-0.3, -0.25) is 9.36 Å². The maximum atomic E-state index is 13.3. The van der Waals surface area contributed by atoms with Crippen molar-refractivity contribution in [2.45, 2.75) is 30.3 Å². The van der Waals surface area contributed by atoms with E-state index in [2.05, 4.69) is 10.3 Å². The number of carbonyl (C=O) groups is 1. The fourth-order valence-corrected chi connectivity index (χ4v) is 4.44. The van der Waals surface area contributed by atoms with E-state index in [1.54, 1.807) is 31.5 Å². The van der Waals surface area contributed by atoms with E-state index in [4.69, 9.17) is 9.72 Å². The number of benzene rings is 2. The number of thioether (sulfide) groups is 1. The monoisotopic (exact) mass is 450 g/mol. The van der Waals surface area contributed by atoms with Crippen LogP contribution in [0.4, 0.5) is 10.1 Å². The van der Waals surface area contributed by atoms with Crippen LogP contribution in [0.5, 0.6) is 5.75 Å². The average Bonchev–Trinajstić information content (AvgIpc) is 3.17. The lowest BCUT2D eigenvalue weighted by atomic mass is 10.2. The summed E-state index contributed by atoms with van der Waals surface area (Å²) in [5.74, 6) is 0.836. The molecular formula is C24H23FN4O2S. The molecule has 2 aromatic heterocycles. The smallest absolute Gasteiger partial charge is 0.247 e. The van der Waals surface area contributed by atoms with Gasteiger partial charge in [-0.25, -0.2) is 14.4 Å². The van der Waals surface area contributed by atoms with E-state index in [1.807, 2.05) is 41.8 Å². The Morgan fingerprint density at radius 1 is 1.19 bits per heavy atom. The van der Waals surface area contributed by atoms with Crippen LogP contribution in [0.3, 0.4) is 0 Å². The van der Waals surface area contributed by atoms with Gasteiger partial charge in [0, 0.05) is 23.7 Å². The number of hydrogen-bond acceptors (Lipinski definition) is 5. The van der Waals surface area contributed by atoms with E-state index in [0.717, 1.165) is 11.1 Å².